The van der Waals surface area contributed by atoms with Crippen LogP contribution < -0.4 is 4.90 Å². The first kappa shape index (κ1) is 21.2. The lowest BCUT2D eigenvalue weighted by molar-refractivity contribution is 0.0984. The number of carbonyl (C=O) groups is 1. The number of aromatic nitrogens is 2. The Morgan fingerprint density at radius 2 is 1.71 bits per heavy atom. The van der Waals surface area contributed by atoms with Gasteiger partial charge in [-0.3, -0.25) is 4.79 Å². The zero-order valence-electron chi connectivity index (χ0n) is 18.7. The number of carbonyl (C=O) groups excluding carboxylic acids is 1. The fourth-order valence-corrected chi connectivity index (χ4v) is 4.20. The van der Waals surface area contributed by atoms with Gasteiger partial charge in [0.1, 0.15) is 0 Å². The topological polar surface area (TPSA) is 61.9 Å². The molecule has 1 amide bonds. The second kappa shape index (κ2) is 9.05. The molecule has 1 aromatic heterocycles. The molecular weight excluding hydrogens is 420 g/mol. The summed E-state index contributed by atoms with van der Waals surface area (Å²) in [6.07, 6.45) is 3.49. The molecule has 0 aliphatic carbocycles. The fourth-order valence-electron chi connectivity index (χ4n) is 4.20. The molecule has 0 N–H and O–H groups in total. The number of hydrogen-bond donors (Lipinski definition) is 0. The maximum absolute atomic E-state index is 13.6. The summed E-state index contributed by atoms with van der Waals surface area (Å²) in [7, 11) is 1.91. The van der Waals surface area contributed by atoms with Crippen LogP contribution in [-0.4, -0.2) is 15.5 Å². The quantitative estimate of drug-likeness (QED) is 0.337. The Bertz CT molecular complexity index is 1520. The number of nitriles is 1. The SMILES string of the molecule is Cn1cncc1CN(C(=O)c1ccccc1)c1ccc(C#N)c(-c2cccc3ccccc23)c1. The summed E-state index contributed by atoms with van der Waals surface area (Å²) in [5.74, 6) is -0.115. The second-order valence-electron chi connectivity index (χ2n) is 8.12. The van der Waals surface area contributed by atoms with E-state index in [4.69, 9.17) is 0 Å². The maximum Gasteiger partial charge on any atom is 0.258 e. The number of amides is 1. The summed E-state index contributed by atoms with van der Waals surface area (Å²) >= 11 is 0. The molecule has 164 valence electrons. The van der Waals surface area contributed by atoms with Gasteiger partial charge in [0.25, 0.3) is 5.91 Å². The monoisotopic (exact) mass is 442 g/mol. The van der Waals surface area contributed by atoms with E-state index in [1.807, 2.05) is 78.3 Å². The van der Waals surface area contributed by atoms with Gasteiger partial charge in [-0.15, -0.1) is 0 Å². The largest absolute Gasteiger partial charge is 0.336 e. The van der Waals surface area contributed by atoms with Gasteiger partial charge >= 0.3 is 0 Å². The molecule has 0 aliphatic heterocycles. The third kappa shape index (κ3) is 3.94. The van der Waals surface area contributed by atoms with Gasteiger partial charge in [0, 0.05) is 30.1 Å². The normalized spacial score (nSPS) is 10.7. The van der Waals surface area contributed by atoms with Crippen molar-refractivity contribution in [3.8, 4) is 17.2 Å². The molecular formula is C29H22N4O. The van der Waals surface area contributed by atoms with Gasteiger partial charge in [-0.25, -0.2) is 4.98 Å². The first-order valence-electron chi connectivity index (χ1n) is 11.0. The summed E-state index contributed by atoms with van der Waals surface area (Å²) in [6, 6.07) is 31.3. The molecule has 0 bridgehead atoms. The van der Waals surface area contributed by atoms with Gasteiger partial charge in [0.15, 0.2) is 0 Å². The zero-order valence-corrected chi connectivity index (χ0v) is 18.7. The highest BCUT2D eigenvalue weighted by Crippen LogP contribution is 2.34. The molecule has 34 heavy (non-hydrogen) atoms. The van der Waals surface area contributed by atoms with Gasteiger partial charge in [-0.1, -0.05) is 60.7 Å². The summed E-state index contributed by atoms with van der Waals surface area (Å²) in [5, 5.41) is 12.0. The first-order chi connectivity index (χ1) is 16.7. The Morgan fingerprint density at radius 1 is 0.941 bits per heavy atom. The molecule has 0 unspecified atom stereocenters. The molecule has 5 heteroatoms. The highest BCUT2D eigenvalue weighted by Gasteiger charge is 2.21. The Hall–Kier alpha value is -4.69. The van der Waals surface area contributed by atoms with E-state index in [9.17, 15) is 10.1 Å². The standard InChI is InChI=1S/C29H22N4O/c1-32-20-31-18-25(32)19-33(29(34)22-9-3-2-4-10-22)24-15-14-23(17-30)28(16-24)27-13-7-11-21-8-5-6-12-26(21)27/h2-16,18,20H,19H2,1H3. The lowest BCUT2D eigenvalue weighted by Crippen LogP contribution is -2.31. The van der Waals surface area contributed by atoms with Crippen LogP contribution in [0.5, 0.6) is 0 Å². The number of hydrogen-bond acceptors (Lipinski definition) is 3. The van der Waals surface area contributed by atoms with Crippen LogP contribution in [0.3, 0.4) is 0 Å². The van der Waals surface area contributed by atoms with Crippen molar-refractivity contribution in [1.29, 1.82) is 5.26 Å². The Labute approximate surface area is 198 Å². The number of anilines is 1. The first-order valence-corrected chi connectivity index (χ1v) is 11.0. The van der Waals surface area contributed by atoms with Crippen molar-refractivity contribution >= 4 is 22.4 Å². The van der Waals surface area contributed by atoms with Crippen LogP contribution in [0.25, 0.3) is 21.9 Å². The van der Waals surface area contributed by atoms with E-state index < -0.39 is 0 Å². The van der Waals surface area contributed by atoms with Crippen LogP contribution in [0.4, 0.5) is 5.69 Å². The lowest BCUT2D eigenvalue weighted by Gasteiger charge is -2.24. The molecule has 0 atom stereocenters. The summed E-state index contributed by atoms with van der Waals surface area (Å²) < 4.78 is 1.90. The van der Waals surface area contributed by atoms with Gasteiger partial charge in [-0.05, 0) is 46.7 Å². The Kier molecular flexibility index (Phi) is 5.63. The predicted octanol–water partition coefficient (Wildman–Crippen LogP) is 5.96. The van der Waals surface area contributed by atoms with Crippen LogP contribution in [0, 0.1) is 11.3 Å². The number of nitrogens with zero attached hydrogens (tertiary/aromatic N) is 4. The fraction of sp³-hybridized carbons (Fsp3) is 0.0690. The molecule has 0 fully saturated rings. The molecule has 0 radical (unpaired) electrons. The van der Waals surface area contributed by atoms with E-state index in [0.29, 0.717) is 17.7 Å². The third-order valence-electron chi connectivity index (χ3n) is 6.02. The minimum atomic E-state index is -0.115. The summed E-state index contributed by atoms with van der Waals surface area (Å²) in [5.41, 5.74) is 4.54. The van der Waals surface area contributed by atoms with Crippen LogP contribution in [0.1, 0.15) is 21.6 Å². The van der Waals surface area contributed by atoms with E-state index in [-0.39, 0.29) is 5.91 Å². The van der Waals surface area contributed by atoms with Crippen molar-refractivity contribution < 1.29 is 4.79 Å². The Balaban J connectivity index is 1.67. The van der Waals surface area contributed by atoms with Crippen molar-refractivity contribution in [2.45, 2.75) is 6.54 Å². The predicted molar refractivity (Wildman–Crippen MR) is 134 cm³/mol. The number of imidazole rings is 1. The van der Waals surface area contributed by atoms with Crippen molar-refractivity contribution in [2.24, 2.45) is 7.05 Å². The van der Waals surface area contributed by atoms with Crippen molar-refractivity contribution in [2.75, 3.05) is 4.90 Å². The average Bonchev–Trinajstić information content (AvgIpc) is 3.31. The molecule has 0 saturated carbocycles. The van der Waals surface area contributed by atoms with Crippen LogP contribution in [0.15, 0.2) is 104 Å². The minimum absolute atomic E-state index is 0.115. The molecule has 1 heterocycles. The van der Waals surface area contributed by atoms with Crippen molar-refractivity contribution in [3.05, 3.63) is 120 Å². The van der Waals surface area contributed by atoms with Crippen LogP contribution in [0.2, 0.25) is 0 Å². The molecule has 4 aromatic carbocycles. The highest BCUT2D eigenvalue weighted by atomic mass is 16.2. The van der Waals surface area contributed by atoms with Gasteiger partial charge < -0.3 is 9.47 Å². The molecule has 5 aromatic rings. The number of rotatable bonds is 5. The minimum Gasteiger partial charge on any atom is -0.336 e. The Morgan fingerprint density at radius 3 is 2.47 bits per heavy atom. The van der Waals surface area contributed by atoms with E-state index in [1.165, 1.54) is 0 Å². The third-order valence-corrected chi connectivity index (χ3v) is 6.02. The van der Waals surface area contributed by atoms with E-state index in [1.54, 1.807) is 23.5 Å². The van der Waals surface area contributed by atoms with Crippen molar-refractivity contribution in [1.82, 2.24) is 9.55 Å². The number of benzene rings is 4. The highest BCUT2D eigenvalue weighted by molar-refractivity contribution is 6.07. The van der Waals surface area contributed by atoms with Gasteiger partial charge in [0.2, 0.25) is 0 Å². The molecule has 0 aliphatic rings. The van der Waals surface area contributed by atoms with E-state index in [0.717, 1.165) is 33.3 Å². The average molecular weight is 443 g/mol. The maximum atomic E-state index is 13.6. The number of fused-ring (bicyclic) bond motifs is 1. The molecule has 5 nitrogen and oxygen atoms in total. The molecule has 0 spiro atoms. The smallest absolute Gasteiger partial charge is 0.258 e. The lowest BCUT2D eigenvalue weighted by atomic mass is 9.94. The molecule has 5 rings (SSSR count). The molecule has 0 saturated heterocycles. The number of aryl methyl sites for hydroxylation is 1. The summed E-state index contributed by atoms with van der Waals surface area (Å²) in [6.45, 7) is 0.352. The van der Waals surface area contributed by atoms with Gasteiger partial charge in [0.05, 0.1) is 30.2 Å². The zero-order chi connectivity index (χ0) is 23.5. The van der Waals surface area contributed by atoms with Crippen molar-refractivity contribution in [3.63, 3.8) is 0 Å². The van der Waals surface area contributed by atoms with Gasteiger partial charge in [-0.2, -0.15) is 5.26 Å². The second-order valence-corrected chi connectivity index (χ2v) is 8.12. The van der Waals surface area contributed by atoms with E-state index in [2.05, 4.69) is 29.3 Å². The summed E-state index contributed by atoms with van der Waals surface area (Å²) in [4.78, 5) is 19.6. The van der Waals surface area contributed by atoms with Crippen LogP contribution >= 0.6 is 0 Å². The van der Waals surface area contributed by atoms with E-state index >= 15 is 0 Å². The van der Waals surface area contributed by atoms with Crippen LogP contribution in [-0.2, 0) is 13.6 Å².